The smallest absolute Gasteiger partial charge is 0.254 e. The van der Waals surface area contributed by atoms with E-state index in [2.05, 4.69) is 66.8 Å². The first-order valence-corrected chi connectivity index (χ1v) is 9.13. The molecule has 0 N–H and O–H groups in total. The summed E-state index contributed by atoms with van der Waals surface area (Å²) in [6.45, 7) is 2.37. The lowest BCUT2D eigenvalue weighted by atomic mass is 10.2. The van der Waals surface area contributed by atoms with E-state index in [1.165, 1.54) is 9.13 Å². The number of anilines is 1. The van der Waals surface area contributed by atoms with Crippen molar-refractivity contribution in [1.29, 1.82) is 0 Å². The van der Waals surface area contributed by atoms with Crippen molar-refractivity contribution in [3.05, 3.63) is 52.0 Å². The van der Waals surface area contributed by atoms with E-state index in [0.29, 0.717) is 25.0 Å². The predicted molar refractivity (Wildman–Crippen MR) is 100.0 cm³/mol. The average Bonchev–Trinajstić information content (AvgIpc) is 3.23. The second-order valence-corrected chi connectivity index (χ2v) is 7.16. The SMILES string of the molecule is Ic1cccc(COC[C@H]2CCCN2c2ccnc3ncnn23)c1. The van der Waals surface area contributed by atoms with Gasteiger partial charge in [0.25, 0.3) is 5.78 Å². The standard InChI is InChI=1S/C17H18IN5O/c18-14-4-1-3-13(9-14)10-24-11-15-5-2-8-22(15)16-6-7-19-17-20-12-21-23(16)17/h1,3-4,6-7,9,12,15H,2,5,8,10-11H2/t15-/m1/s1. The number of rotatable bonds is 5. The molecular formula is C17H18IN5O. The minimum Gasteiger partial charge on any atom is -0.375 e. The normalized spacial score (nSPS) is 17.7. The molecule has 3 aromatic rings. The quantitative estimate of drug-likeness (QED) is 0.577. The van der Waals surface area contributed by atoms with Crippen LogP contribution in [0.15, 0.2) is 42.9 Å². The zero-order chi connectivity index (χ0) is 16.4. The third kappa shape index (κ3) is 3.23. The molecule has 6 nitrogen and oxygen atoms in total. The van der Waals surface area contributed by atoms with Gasteiger partial charge < -0.3 is 9.64 Å². The van der Waals surface area contributed by atoms with Gasteiger partial charge in [0.05, 0.1) is 19.3 Å². The van der Waals surface area contributed by atoms with Gasteiger partial charge in [0.15, 0.2) is 0 Å². The lowest BCUT2D eigenvalue weighted by Crippen LogP contribution is -2.34. The van der Waals surface area contributed by atoms with E-state index in [0.717, 1.165) is 25.2 Å². The zero-order valence-corrected chi connectivity index (χ0v) is 15.3. The van der Waals surface area contributed by atoms with Crippen LogP contribution in [-0.2, 0) is 11.3 Å². The Morgan fingerprint density at radius 1 is 1.25 bits per heavy atom. The molecule has 0 aliphatic carbocycles. The van der Waals surface area contributed by atoms with Crippen LogP contribution < -0.4 is 4.90 Å². The van der Waals surface area contributed by atoms with E-state index in [1.54, 1.807) is 17.0 Å². The lowest BCUT2D eigenvalue weighted by molar-refractivity contribution is 0.108. The lowest BCUT2D eigenvalue weighted by Gasteiger charge is -2.26. The summed E-state index contributed by atoms with van der Waals surface area (Å²) in [5.74, 6) is 1.68. The molecule has 2 aromatic heterocycles. The molecule has 1 aliphatic rings. The van der Waals surface area contributed by atoms with Crippen LogP contribution in [0.3, 0.4) is 0 Å². The second kappa shape index (κ2) is 7.02. The van der Waals surface area contributed by atoms with Gasteiger partial charge >= 0.3 is 0 Å². The Bertz CT molecular complexity index is 836. The highest BCUT2D eigenvalue weighted by molar-refractivity contribution is 14.1. The minimum atomic E-state index is 0.364. The molecule has 0 spiro atoms. The number of nitrogens with zero attached hydrogens (tertiary/aromatic N) is 5. The van der Waals surface area contributed by atoms with Gasteiger partial charge in [0.2, 0.25) is 0 Å². The molecule has 0 unspecified atom stereocenters. The number of aromatic nitrogens is 4. The maximum Gasteiger partial charge on any atom is 0.254 e. The van der Waals surface area contributed by atoms with Crippen LogP contribution in [0.2, 0.25) is 0 Å². The summed E-state index contributed by atoms with van der Waals surface area (Å²) in [4.78, 5) is 10.8. The third-order valence-electron chi connectivity index (χ3n) is 4.30. The van der Waals surface area contributed by atoms with Crippen molar-refractivity contribution in [1.82, 2.24) is 19.6 Å². The van der Waals surface area contributed by atoms with Crippen molar-refractivity contribution in [2.45, 2.75) is 25.5 Å². The molecule has 7 heteroatoms. The predicted octanol–water partition coefficient (Wildman–Crippen LogP) is 2.91. The van der Waals surface area contributed by atoms with Crippen molar-refractivity contribution >= 4 is 34.2 Å². The Morgan fingerprint density at radius 2 is 2.21 bits per heavy atom. The summed E-state index contributed by atoms with van der Waals surface area (Å²) in [5, 5.41) is 4.29. The van der Waals surface area contributed by atoms with E-state index in [1.807, 2.05) is 6.07 Å². The summed E-state index contributed by atoms with van der Waals surface area (Å²) in [7, 11) is 0. The van der Waals surface area contributed by atoms with Gasteiger partial charge in [-0.2, -0.15) is 14.6 Å². The highest BCUT2D eigenvalue weighted by Gasteiger charge is 2.27. The molecule has 1 fully saturated rings. The van der Waals surface area contributed by atoms with Crippen molar-refractivity contribution in [2.24, 2.45) is 0 Å². The fourth-order valence-electron chi connectivity index (χ4n) is 3.19. The summed E-state index contributed by atoms with van der Waals surface area (Å²) in [5.41, 5.74) is 1.22. The molecule has 1 saturated heterocycles. The van der Waals surface area contributed by atoms with E-state index in [4.69, 9.17) is 4.74 Å². The minimum absolute atomic E-state index is 0.364. The molecule has 0 saturated carbocycles. The topological polar surface area (TPSA) is 55.5 Å². The fourth-order valence-corrected chi connectivity index (χ4v) is 3.80. The largest absolute Gasteiger partial charge is 0.375 e. The van der Waals surface area contributed by atoms with Gasteiger partial charge in [0, 0.05) is 16.3 Å². The summed E-state index contributed by atoms with van der Waals surface area (Å²) in [6, 6.07) is 10.8. The maximum absolute atomic E-state index is 6.00. The first-order chi connectivity index (χ1) is 11.8. The molecule has 1 atom stereocenters. The van der Waals surface area contributed by atoms with Gasteiger partial charge in [-0.1, -0.05) is 12.1 Å². The first-order valence-electron chi connectivity index (χ1n) is 8.05. The number of benzene rings is 1. The number of hydrogen-bond acceptors (Lipinski definition) is 5. The molecule has 24 heavy (non-hydrogen) atoms. The van der Waals surface area contributed by atoms with Crippen LogP contribution in [0.5, 0.6) is 0 Å². The van der Waals surface area contributed by atoms with Crippen molar-refractivity contribution < 1.29 is 4.74 Å². The molecular weight excluding hydrogens is 417 g/mol. The second-order valence-electron chi connectivity index (χ2n) is 5.91. The highest BCUT2D eigenvalue weighted by atomic mass is 127. The first kappa shape index (κ1) is 15.8. The molecule has 1 aliphatic heterocycles. The Morgan fingerprint density at radius 3 is 3.12 bits per heavy atom. The van der Waals surface area contributed by atoms with Gasteiger partial charge in [0.1, 0.15) is 12.1 Å². The van der Waals surface area contributed by atoms with Crippen LogP contribution in [0.25, 0.3) is 5.78 Å². The molecule has 4 rings (SSSR count). The molecule has 1 aromatic carbocycles. The van der Waals surface area contributed by atoms with E-state index in [-0.39, 0.29) is 0 Å². The van der Waals surface area contributed by atoms with E-state index >= 15 is 0 Å². The Hall–Kier alpha value is -1.74. The van der Waals surface area contributed by atoms with Gasteiger partial charge in [-0.05, 0) is 59.2 Å². The van der Waals surface area contributed by atoms with Crippen LogP contribution in [0, 0.1) is 3.57 Å². The van der Waals surface area contributed by atoms with Crippen molar-refractivity contribution in [2.75, 3.05) is 18.1 Å². The highest BCUT2D eigenvalue weighted by Crippen LogP contribution is 2.25. The molecule has 3 heterocycles. The van der Waals surface area contributed by atoms with Gasteiger partial charge in [-0.3, -0.25) is 0 Å². The number of hydrogen-bond donors (Lipinski definition) is 0. The summed E-state index contributed by atoms with van der Waals surface area (Å²) < 4.78 is 9.04. The fraction of sp³-hybridized carbons (Fsp3) is 0.353. The molecule has 124 valence electrons. The molecule has 0 bridgehead atoms. The van der Waals surface area contributed by atoms with Gasteiger partial charge in [-0.25, -0.2) is 4.98 Å². The Labute approximate surface area is 154 Å². The zero-order valence-electron chi connectivity index (χ0n) is 13.2. The summed E-state index contributed by atoms with van der Waals surface area (Å²) in [6.07, 6.45) is 5.63. The number of ether oxygens (including phenoxy) is 1. The average molecular weight is 435 g/mol. The van der Waals surface area contributed by atoms with Gasteiger partial charge in [-0.15, -0.1) is 0 Å². The van der Waals surface area contributed by atoms with Crippen LogP contribution in [-0.4, -0.2) is 38.8 Å². The van der Waals surface area contributed by atoms with Crippen LogP contribution >= 0.6 is 22.6 Å². The van der Waals surface area contributed by atoms with Crippen molar-refractivity contribution in [3.63, 3.8) is 0 Å². The maximum atomic E-state index is 6.00. The summed E-state index contributed by atoms with van der Waals surface area (Å²) >= 11 is 2.33. The molecule has 0 radical (unpaired) electrons. The Balaban J connectivity index is 1.44. The van der Waals surface area contributed by atoms with E-state index < -0.39 is 0 Å². The molecule has 0 amide bonds. The Kier molecular flexibility index (Phi) is 4.61. The third-order valence-corrected chi connectivity index (χ3v) is 4.97. The van der Waals surface area contributed by atoms with Crippen LogP contribution in [0.1, 0.15) is 18.4 Å². The van der Waals surface area contributed by atoms with Crippen LogP contribution in [0.4, 0.5) is 5.82 Å². The van der Waals surface area contributed by atoms with E-state index in [9.17, 15) is 0 Å². The monoisotopic (exact) mass is 435 g/mol. The number of fused-ring (bicyclic) bond motifs is 1. The number of halogens is 1. The van der Waals surface area contributed by atoms with Crippen molar-refractivity contribution in [3.8, 4) is 0 Å².